The van der Waals surface area contributed by atoms with Crippen LogP contribution in [0.3, 0.4) is 0 Å². The zero-order valence-corrected chi connectivity index (χ0v) is 35.3. The third-order valence-corrected chi connectivity index (χ3v) is 14.0. The van der Waals surface area contributed by atoms with E-state index in [1.165, 1.54) is 11.1 Å². The van der Waals surface area contributed by atoms with E-state index in [1.807, 2.05) is 24.6 Å². The molecule has 4 aromatic rings. The van der Waals surface area contributed by atoms with E-state index in [9.17, 15) is 10.2 Å². The smallest absolute Gasteiger partial charge is 0 e. The van der Waals surface area contributed by atoms with Gasteiger partial charge in [0.05, 0.1) is 0 Å². The Labute approximate surface area is 321 Å². The Bertz CT molecular complexity index is 1730. The van der Waals surface area contributed by atoms with Crippen LogP contribution in [0.15, 0.2) is 92.9 Å². The van der Waals surface area contributed by atoms with Gasteiger partial charge in [0.1, 0.15) is 0 Å². The molecule has 4 aromatic carbocycles. The summed E-state index contributed by atoms with van der Waals surface area (Å²) in [5.74, 6) is 0.549. The van der Waals surface area contributed by atoms with Crippen molar-refractivity contribution in [3.8, 4) is 11.5 Å². The summed E-state index contributed by atoms with van der Waals surface area (Å²) >= 11 is -2.97. The fourth-order valence-corrected chi connectivity index (χ4v) is 11.4. The van der Waals surface area contributed by atoms with E-state index < -0.39 is 13.3 Å². The summed E-state index contributed by atoms with van der Waals surface area (Å²) in [7, 11) is 0. The number of phenolic OH excluding ortho intramolecular Hbond substituents is 2. The van der Waals surface area contributed by atoms with E-state index >= 15 is 0 Å². The van der Waals surface area contributed by atoms with Gasteiger partial charge in [0, 0.05) is 24.0 Å². The molecule has 1 radical (unpaired) electrons. The Morgan fingerprint density at radius 1 is 0.500 bits per heavy atom. The minimum absolute atomic E-state index is 0. The number of halogens is 1. The van der Waals surface area contributed by atoms with Gasteiger partial charge in [0.15, 0.2) is 0 Å². The van der Waals surface area contributed by atoms with E-state index in [1.54, 1.807) is 0 Å². The first-order valence-electron chi connectivity index (χ1n) is 17.4. The van der Waals surface area contributed by atoms with Crippen LogP contribution in [-0.2, 0) is 34.9 Å². The van der Waals surface area contributed by atoms with Crippen molar-refractivity contribution in [2.24, 2.45) is 8.02 Å². The summed E-state index contributed by atoms with van der Waals surface area (Å²) in [4.78, 5) is 0.186. The van der Waals surface area contributed by atoms with Crippen molar-refractivity contribution in [1.82, 2.24) is 0 Å². The van der Waals surface area contributed by atoms with E-state index in [0.717, 1.165) is 33.4 Å². The van der Waals surface area contributed by atoms with Gasteiger partial charge in [-0.25, -0.2) is 0 Å². The van der Waals surface area contributed by atoms with E-state index in [2.05, 4.69) is 156 Å². The Balaban J connectivity index is 0.00000562. The maximum Gasteiger partial charge on any atom is 0 e. The molecule has 268 valence electrons. The van der Waals surface area contributed by atoms with Crippen molar-refractivity contribution in [1.29, 1.82) is 0 Å². The van der Waals surface area contributed by atoms with Crippen LogP contribution >= 0.6 is 24.0 Å². The summed E-state index contributed by atoms with van der Waals surface area (Å²) in [5.41, 5.74) is 7.29. The van der Waals surface area contributed by atoms with Gasteiger partial charge in [-0.3, -0.25) is 0 Å². The topological polar surface area (TPSA) is 65.2 Å². The van der Waals surface area contributed by atoms with E-state index in [-0.39, 0.29) is 66.8 Å². The minimum atomic E-state index is -2.97. The zero-order chi connectivity index (χ0) is 36.2. The third-order valence-electron chi connectivity index (χ3n) is 9.43. The quantitative estimate of drug-likeness (QED) is 0.116. The zero-order valence-electron chi connectivity index (χ0n) is 31.9. The third kappa shape index (κ3) is 8.24. The number of nitrogens with zero attached hydrogens (tertiary/aromatic N) is 2. The summed E-state index contributed by atoms with van der Waals surface area (Å²) in [6.07, 6.45) is 3.80. The number of benzene rings is 4. The Morgan fingerprint density at radius 3 is 1.10 bits per heavy atom. The number of hydrogen-bond acceptors (Lipinski definition) is 4. The first kappa shape index (κ1) is 39.8. The predicted molar refractivity (Wildman–Crippen MR) is 219 cm³/mol. The van der Waals surface area contributed by atoms with Crippen LogP contribution in [0.4, 0.5) is 0 Å². The number of hydrogen-bond donors (Lipinski definition) is 2. The van der Waals surface area contributed by atoms with E-state index in [4.69, 9.17) is 8.02 Å². The molecule has 6 heteroatoms. The maximum atomic E-state index is 11.7. The summed E-state index contributed by atoms with van der Waals surface area (Å²) < 4.78 is 11.0. The fourth-order valence-electron chi connectivity index (χ4n) is 6.29. The molecule has 1 saturated heterocycles. The van der Waals surface area contributed by atoms with Crippen LogP contribution in [0.25, 0.3) is 0 Å². The van der Waals surface area contributed by atoms with Gasteiger partial charge in [0.2, 0.25) is 0 Å². The van der Waals surface area contributed by atoms with Gasteiger partial charge in [-0.05, 0) is 0 Å². The van der Waals surface area contributed by atoms with Gasteiger partial charge >= 0.3 is 299 Å². The average Bonchev–Trinajstić information content (AvgIpc) is 3.67. The molecule has 0 aromatic heterocycles. The molecule has 1 aliphatic rings. The molecule has 5 rings (SSSR count). The summed E-state index contributed by atoms with van der Waals surface area (Å²) in [5, 5.41) is 23.4. The standard InChI is InChI=1S/2C15H22NO.C14H12.I.Mn/c2*1-14(2,3)11-7-10(9-16)13(17)12(8-11)15(4,5)6;1-3-7-13(8-4-1)11-12-14-9-5-2-6-10-14;;/h2*7-9,17H,1-6H3;1-12H;;/q2*-1;;;+2. The molecule has 1 aliphatic heterocycles. The van der Waals surface area contributed by atoms with Crippen molar-refractivity contribution < 1.29 is 23.5 Å². The first-order chi connectivity index (χ1) is 22.6. The van der Waals surface area contributed by atoms with E-state index in [0.29, 0.717) is 0 Å². The van der Waals surface area contributed by atoms with Crippen LogP contribution in [0.1, 0.15) is 137 Å². The Kier molecular flexibility index (Phi) is 11.3. The second-order valence-electron chi connectivity index (χ2n) is 17.6. The average molecular weight is 827 g/mol. The molecule has 50 heavy (non-hydrogen) atoms. The minimum Gasteiger partial charge on any atom is 0 e. The van der Waals surface area contributed by atoms with Crippen molar-refractivity contribution in [2.45, 2.75) is 114 Å². The predicted octanol–water partition coefficient (Wildman–Crippen LogP) is 12.2. The number of phenols is 2. The number of rotatable bonds is 6. The molecule has 0 aliphatic carbocycles. The number of aromatic hydroxyl groups is 2. The van der Waals surface area contributed by atoms with Crippen LogP contribution in [0.5, 0.6) is 11.5 Å². The van der Waals surface area contributed by atoms with Crippen molar-refractivity contribution in [3.63, 3.8) is 0 Å². The maximum absolute atomic E-state index is 11.7. The molecule has 0 spiro atoms. The molecule has 1 fully saturated rings. The molecule has 2 N–H and O–H groups in total. The van der Waals surface area contributed by atoms with Crippen LogP contribution in [-0.4, -0.2) is 22.6 Å². The second-order valence-corrected chi connectivity index (χ2v) is 21.5. The van der Waals surface area contributed by atoms with Gasteiger partial charge < -0.3 is 0 Å². The fraction of sp³-hybridized carbons (Fsp3) is 0.409. The van der Waals surface area contributed by atoms with Gasteiger partial charge in [-0.15, -0.1) is 0 Å². The SMILES string of the molecule is CC(C)(C)c1cc(C=[N][Mn]2([N]=Cc3cc(C(C)(C)C)cc(C(C)(C)C)c3O)[C@H](c3ccccc3)[C@H]2c2ccccc2)c(O)c(C(C)(C)C)c1.[I]. The molecule has 0 bridgehead atoms. The van der Waals surface area contributed by atoms with Crippen LogP contribution in [0, 0.1) is 0 Å². The summed E-state index contributed by atoms with van der Waals surface area (Å²) in [6, 6.07) is 29.7. The largest absolute Gasteiger partial charge is 0 e. The van der Waals surface area contributed by atoms with Gasteiger partial charge in [0.25, 0.3) is 0 Å². The van der Waals surface area contributed by atoms with Crippen molar-refractivity contribution in [3.05, 3.63) is 129 Å². The normalized spacial score (nSPS) is 21.2. The van der Waals surface area contributed by atoms with Gasteiger partial charge in [-0.2, -0.15) is 0 Å². The molecule has 4 nitrogen and oxygen atoms in total. The van der Waals surface area contributed by atoms with Crippen LogP contribution < -0.4 is 0 Å². The van der Waals surface area contributed by atoms with Gasteiger partial charge in [-0.1, -0.05) is 0 Å². The van der Waals surface area contributed by atoms with Crippen LogP contribution in [0.2, 0.25) is 0 Å². The molecule has 0 unspecified atom stereocenters. The molecular formula is C44H56IMnN2O2. The molecule has 0 amide bonds. The molecule has 0 saturated carbocycles. The monoisotopic (exact) mass is 826 g/mol. The van der Waals surface area contributed by atoms with Crippen molar-refractivity contribution >= 4 is 36.4 Å². The van der Waals surface area contributed by atoms with Crippen molar-refractivity contribution in [2.75, 3.05) is 0 Å². The second kappa shape index (κ2) is 14.2. The Morgan fingerprint density at radius 2 is 0.820 bits per heavy atom. The summed E-state index contributed by atoms with van der Waals surface area (Å²) in [6.45, 7) is 26.0. The molecule has 2 atom stereocenters. The molecular weight excluding hydrogens is 770 g/mol. The molecule has 1 heterocycles. The first-order valence-corrected chi connectivity index (χ1v) is 19.8. The Hall–Kier alpha value is -2.93.